The van der Waals surface area contributed by atoms with Crippen molar-refractivity contribution < 1.29 is 4.79 Å². The van der Waals surface area contributed by atoms with E-state index < -0.39 is 0 Å². The highest BCUT2D eigenvalue weighted by molar-refractivity contribution is 6.11. The van der Waals surface area contributed by atoms with Gasteiger partial charge in [0.1, 0.15) is 5.82 Å². The van der Waals surface area contributed by atoms with Gasteiger partial charge in [-0.3, -0.25) is 4.79 Å². The van der Waals surface area contributed by atoms with E-state index in [-0.39, 0.29) is 5.91 Å². The molecule has 22 heavy (non-hydrogen) atoms. The van der Waals surface area contributed by atoms with Crippen molar-refractivity contribution in [2.75, 3.05) is 5.32 Å². The summed E-state index contributed by atoms with van der Waals surface area (Å²) in [6.45, 7) is 0. The van der Waals surface area contributed by atoms with Crippen molar-refractivity contribution in [1.29, 1.82) is 0 Å². The molecule has 1 aliphatic rings. The average Bonchev–Trinajstić information content (AvgIpc) is 2.56. The lowest BCUT2D eigenvalue weighted by Gasteiger charge is -2.16. The number of aromatic nitrogens is 1. The molecule has 1 amide bonds. The molecule has 3 aromatic rings. The Morgan fingerprint density at radius 3 is 2.86 bits per heavy atom. The Bertz CT molecular complexity index is 898. The fourth-order valence-electron chi connectivity index (χ4n) is 2.95. The van der Waals surface area contributed by atoms with Crippen LogP contribution in [0.2, 0.25) is 0 Å². The summed E-state index contributed by atoms with van der Waals surface area (Å²) in [4.78, 5) is 16.7. The number of anilines is 1. The summed E-state index contributed by atoms with van der Waals surface area (Å²) in [5.41, 5.74) is 2.94. The van der Waals surface area contributed by atoms with Crippen LogP contribution >= 0.6 is 0 Å². The molecule has 0 spiro atoms. The molecule has 3 nitrogen and oxygen atoms in total. The second-order valence-electron chi connectivity index (χ2n) is 5.32. The molecule has 2 aromatic carbocycles. The lowest BCUT2D eigenvalue weighted by Crippen LogP contribution is -2.15. The normalized spacial score (nSPS) is 12.4. The topological polar surface area (TPSA) is 42.0 Å². The molecule has 3 heteroatoms. The maximum absolute atomic E-state index is 12.6. The molecule has 0 saturated carbocycles. The van der Waals surface area contributed by atoms with Crippen molar-refractivity contribution in [3.8, 4) is 0 Å². The SMILES string of the molecule is O=C(Nc1ccccn1)c1ccc2cccc3c2c1C=CC3. The van der Waals surface area contributed by atoms with Crippen molar-refractivity contribution >= 4 is 28.6 Å². The molecule has 106 valence electrons. The number of carbonyl (C=O) groups excluding carboxylic acids is 1. The minimum atomic E-state index is -0.128. The van der Waals surface area contributed by atoms with E-state index >= 15 is 0 Å². The van der Waals surface area contributed by atoms with E-state index in [1.807, 2.05) is 30.3 Å². The number of nitrogens with zero attached hydrogens (tertiary/aromatic N) is 1. The standard InChI is InChI=1S/C19H14N2O/c22-19(21-17-9-1-2-12-20-17)16-11-10-14-6-3-5-13-7-4-8-15(16)18(13)14/h1-6,8-12H,7H2,(H,20,21,22). The summed E-state index contributed by atoms with van der Waals surface area (Å²) in [5.74, 6) is 0.435. The Morgan fingerprint density at radius 1 is 1.05 bits per heavy atom. The lowest BCUT2D eigenvalue weighted by atomic mass is 9.90. The van der Waals surface area contributed by atoms with Gasteiger partial charge in [-0.25, -0.2) is 4.98 Å². The fraction of sp³-hybridized carbons (Fsp3) is 0.0526. The van der Waals surface area contributed by atoms with Crippen LogP contribution in [0.15, 0.2) is 60.8 Å². The van der Waals surface area contributed by atoms with Gasteiger partial charge in [-0.1, -0.05) is 42.5 Å². The van der Waals surface area contributed by atoms with Crippen LogP contribution in [0.4, 0.5) is 5.82 Å². The van der Waals surface area contributed by atoms with Crippen molar-refractivity contribution in [1.82, 2.24) is 4.98 Å². The van der Waals surface area contributed by atoms with Crippen LogP contribution in [-0.4, -0.2) is 10.9 Å². The molecule has 0 atom stereocenters. The van der Waals surface area contributed by atoms with Crippen LogP contribution in [0.5, 0.6) is 0 Å². The van der Waals surface area contributed by atoms with Gasteiger partial charge in [0.25, 0.3) is 5.91 Å². The Hall–Kier alpha value is -2.94. The van der Waals surface area contributed by atoms with Gasteiger partial charge in [0.15, 0.2) is 0 Å². The predicted molar refractivity (Wildman–Crippen MR) is 88.9 cm³/mol. The summed E-state index contributed by atoms with van der Waals surface area (Å²) < 4.78 is 0. The molecule has 0 bridgehead atoms. The Labute approximate surface area is 128 Å². The number of hydrogen-bond donors (Lipinski definition) is 1. The van der Waals surface area contributed by atoms with E-state index in [0.717, 1.165) is 12.0 Å². The van der Waals surface area contributed by atoms with Gasteiger partial charge in [-0.05, 0) is 46.5 Å². The van der Waals surface area contributed by atoms with Crippen molar-refractivity contribution in [3.05, 3.63) is 77.5 Å². The number of allylic oxidation sites excluding steroid dienone is 1. The first-order valence-electron chi connectivity index (χ1n) is 7.26. The van der Waals surface area contributed by atoms with E-state index in [9.17, 15) is 4.79 Å². The van der Waals surface area contributed by atoms with Gasteiger partial charge in [0, 0.05) is 11.8 Å². The number of nitrogens with one attached hydrogen (secondary N) is 1. The van der Waals surface area contributed by atoms with Crippen molar-refractivity contribution in [2.24, 2.45) is 0 Å². The third-order valence-corrected chi connectivity index (χ3v) is 3.95. The van der Waals surface area contributed by atoms with Crippen LogP contribution in [0.25, 0.3) is 16.8 Å². The zero-order valence-corrected chi connectivity index (χ0v) is 11.9. The number of rotatable bonds is 2. The molecule has 1 aromatic heterocycles. The average molecular weight is 286 g/mol. The first kappa shape index (κ1) is 12.8. The van der Waals surface area contributed by atoms with Gasteiger partial charge in [0.2, 0.25) is 0 Å². The van der Waals surface area contributed by atoms with E-state index in [1.165, 1.54) is 16.3 Å². The summed E-state index contributed by atoms with van der Waals surface area (Å²) >= 11 is 0. The first-order chi connectivity index (χ1) is 10.8. The molecule has 4 rings (SSSR count). The Balaban J connectivity index is 1.81. The van der Waals surface area contributed by atoms with Crippen LogP contribution in [0.1, 0.15) is 21.5 Å². The second-order valence-corrected chi connectivity index (χ2v) is 5.32. The predicted octanol–water partition coefficient (Wildman–Crippen LogP) is 4.06. The zero-order chi connectivity index (χ0) is 14.9. The highest BCUT2D eigenvalue weighted by Gasteiger charge is 2.17. The van der Waals surface area contributed by atoms with E-state index in [0.29, 0.717) is 11.4 Å². The highest BCUT2D eigenvalue weighted by atomic mass is 16.1. The van der Waals surface area contributed by atoms with Crippen molar-refractivity contribution in [2.45, 2.75) is 6.42 Å². The van der Waals surface area contributed by atoms with Gasteiger partial charge in [-0.15, -0.1) is 0 Å². The fourth-order valence-corrected chi connectivity index (χ4v) is 2.95. The number of pyridine rings is 1. The molecule has 1 N–H and O–H groups in total. The smallest absolute Gasteiger partial charge is 0.257 e. The molecular formula is C19H14N2O. The Kier molecular flexibility index (Phi) is 2.97. The number of carbonyl (C=O) groups is 1. The highest BCUT2D eigenvalue weighted by Crippen LogP contribution is 2.31. The van der Waals surface area contributed by atoms with Crippen molar-refractivity contribution in [3.63, 3.8) is 0 Å². The van der Waals surface area contributed by atoms with Crippen LogP contribution in [-0.2, 0) is 6.42 Å². The van der Waals surface area contributed by atoms with E-state index in [1.54, 1.807) is 12.3 Å². The molecule has 0 fully saturated rings. The maximum atomic E-state index is 12.6. The lowest BCUT2D eigenvalue weighted by molar-refractivity contribution is 0.102. The summed E-state index contributed by atoms with van der Waals surface area (Å²) in [7, 11) is 0. The van der Waals surface area contributed by atoms with Gasteiger partial charge in [0.05, 0.1) is 0 Å². The quantitative estimate of drug-likeness (QED) is 0.772. The molecule has 0 unspecified atom stereocenters. The van der Waals surface area contributed by atoms with Crippen LogP contribution in [0.3, 0.4) is 0 Å². The Morgan fingerprint density at radius 2 is 2.00 bits per heavy atom. The third kappa shape index (κ3) is 2.07. The van der Waals surface area contributed by atoms with Crippen LogP contribution in [0, 0.1) is 0 Å². The van der Waals surface area contributed by atoms with Gasteiger partial charge < -0.3 is 5.32 Å². The number of hydrogen-bond acceptors (Lipinski definition) is 2. The largest absolute Gasteiger partial charge is 0.307 e. The van der Waals surface area contributed by atoms with E-state index in [4.69, 9.17) is 0 Å². The molecule has 0 saturated heterocycles. The zero-order valence-electron chi connectivity index (χ0n) is 11.9. The van der Waals surface area contributed by atoms with E-state index in [2.05, 4.69) is 34.6 Å². The molecule has 0 radical (unpaired) electrons. The molecule has 1 aliphatic carbocycles. The van der Waals surface area contributed by atoms with Crippen LogP contribution < -0.4 is 5.32 Å². The molecule has 0 aliphatic heterocycles. The molecular weight excluding hydrogens is 272 g/mol. The summed E-state index contributed by atoms with van der Waals surface area (Å²) in [6.07, 6.45) is 6.73. The number of amides is 1. The first-order valence-corrected chi connectivity index (χ1v) is 7.26. The summed E-state index contributed by atoms with van der Waals surface area (Å²) in [5, 5.41) is 5.21. The molecule has 1 heterocycles. The second kappa shape index (κ2) is 5.11. The monoisotopic (exact) mass is 286 g/mol. The minimum Gasteiger partial charge on any atom is -0.307 e. The third-order valence-electron chi connectivity index (χ3n) is 3.95. The van der Waals surface area contributed by atoms with Gasteiger partial charge >= 0.3 is 0 Å². The minimum absolute atomic E-state index is 0.128. The summed E-state index contributed by atoms with van der Waals surface area (Å²) in [6, 6.07) is 15.6. The van der Waals surface area contributed by atoms with Gasteiger partial charge in [-0.2, -0.15) is 0 Å². The maximum Gasteiger partial charge on any atom is 0.257 e. The number of benzene rings is 2.